The molecule has 5 aromatic carbocycles. The van der Waals surface area contributed by atoms with E-state index in [2.05, 4.69) is 157 Å². The first kappa shape index (κ1) is 21.4. The number of benzene rings is 5. The van der Waals surface area contributed by atoms with Crippen LogP contribution in [-0.2, 0) is 0 Å². The van der Waals surface area contributed by atoms with Crippen molar-refractivity contribution in [3.05, 3.63) is 160 Å². The average Bonchev–Trinajstić information content (AvgIpc) is 3.22. The molecule has 0 saturated carbocycles. The van der Waals surface area contributed by atoms with Crippen LogP contribution in [0.15, 0.2) is 121 Å². The standard InChI is InChI=1S/C36H25N/c1-5-13-32-27(9-1)19-20-28-10-2-6-14-33(28)34(32)25-26-17-23-31(24-18-26)37-35-15-7-3-11-29(35)21-22-30-12-4-8-16-36(30)37/h1-25H. The fourth-order valence-electron chi connectivity index (χ4n) is 5.39. The summed E-state index contributed by atoms with van der Waals surface area (Å²) in [7, 11) is 0. The van der Waals surface area contributed by atoms with Crippen LogP contribution in [0.1, 0.15) is 38.9 Å². The molecule has 2 aliphatic rings. The maximum absolute atomic E-state index is 2.36. The molecule has 0 N–H and O–H groups in total. The summed E-state index contributed by atoms with van der Waals surface area (Å²) >= 11 is 0. The molecule has 0 radical (unpaired) electrons. The predicted octanol–water partition coefficient (Wildman–Crippen LogP) is 9.71. The molecule has 1 nitrogen and oxygen atoms in total. The topological polar surface area (TPSA) is 3.24 Å². The summed E-state index contributed by atoms with van der Waals surface area (Å²) in [6.07, 6.45) is 11.2. The maximum atomic E-state index is 2.36. The minimum absolute atomic E-state index is 1.15. The summed E-state index contributed by atoms with van der Waals surface area (Å²) < 4.78 is 0. The Balaban J connectivity index is 1.34. The summed E-state index contributed by atoms with van der Waals surface area (Å²) in [6.45, 7) is 0. The molecule has 37 heavy (non-hydrogen) atoms. The van der Waals surface area contributed by atoms with Crippen LogP contribution in [0.25, 0.3) is 36.0 Å². The highest BCUT2D eigenvalue weighted by Crippen LogP contribution is 2.42. The van der Waals surface area contributed by atoms with Crippen LogP contribution in [0.4, 0.5) is 17.1 Å². The van der Waals surface area contributed by atoms with Crippen molar-refractivity contribution in [3.63, 3.8) is 0 Å². The van der Waals surface area contributed by atoms with Gasteiger partial charge in [-0.1, -0.05) is 121 Å². The smallest absolute Gasteiger partial charge is 0.0534 e. The Kier molecular flexibility index (Phi) is 5.19. The summed E-state index contributed by atoms with van der Waals surface area (Å²) in [5.74, 6) is 0. The quantitative estimate of drug-likeness (QED) is 0.242. The Morgan fingerprint density at radius 2 is 0.838 bits per heavy atom. The van der Waals surface area contributed by atoms with Gasteiger partial charge in [0, 0.05) is 5.69 Å². The highest BCUT2D eigenvalue weighted by atomic mass is 15.1. The number of anilines is 3. The lowest BCUT2D eigenvalue weighted by Crippen LogP contribution is -2.11. The van der Waals surface area contributed by atoms with Crippen molar-refractivity contribution >= 4 is 53.0 Å². The van der Waals surface area contributed by atoms with E-state index in [4.69, 9.17) is 0 Å². The normalized spacial score (nSPS) is 13.1. The van der Waals surface area contributed by atoms with Gasteiger partial charge in [-0.3, -0.25) is 0 Å². The lowest BCUT2D eigenvalue weighted by Gasteiger charge is -2.27. The number of para-hydroxylation sites is 2. The second kappa shape index (κ2) is 8.96. The lowest BCUT2D eigenvalue weighted by molar-refractivity contribution is 1.28. The number of nitrogens with zero attached hydrogens (tertiary/aromatic N) is 1. The number of hydrogen-bond acceptors (Lipinski definition) is 1. The van der Waals surface area contributed by atoms with Gasteiger partial charge >= 0.3 is 0 Å². The van der Waals surface area contributed by atoms with E-state index >= 15 is 0 Å². The molecule has 0 saturated heterocycles. The molecule has 1 aliphatic carbocycles. The van der Waals surface area contributed by atoms with Gasteiger partial charge in [0.15, 0.2) is 0 Å². The summed E-state index contributed by atoms with van der Waals surface area (Å²) in [4.78, 5) is 2.36. The molecule has 0 bridgehead atoms. The van der Waals surface area contributed by atoms with Crippen molar-refractivity contribution in [2.75, 3.05) is 4.90 Å². The third-order valence-corrected chi connectivity index (χ3v) is 7.20. The third kappa shape index (κ3) is 3.82. The van der Waals surface area contributed by atoms with Gasteiger partial charge in [0.25, 0.3) is 0 Å². The highest BCUT2D eigenvalue weighted by Gasteiger charge is 2.19. The van der Waals surface area contributed by atoms with E-state index in [0.717, 1.165) is 5.69 Å². The van der Waals surface area contributed by atoms with Gasteiger partial charge in [-0.05, 0) is 74.9 Å². The monoisotopic (exact) mass is 471 g/mol. The second-order valence-electron chi connectivity index (χ2n) is 9.44. The summed E-state index contributed by atoms with van der Waals surface area (Å²) in [6, 6.07) is 43.4. The van der Waals surface area contributed by atoms with E-state index in [0.29, 0.717) is 0 Å². The fraction of sp³-hybridized carbons (Fsp3) is 0. The van der Waals surface area contributed by atoms with Crippen LogP contribution in [0, 0.1) is 0 Å². The predicted molar refractivity (Wildman–Crippen MR) is 159 cm³/mol. The Morgan fingerprint density at radius 1 is 0.405 bits per heavy atom. The van der Waals surface area contributed by atoms with E-state index in [-0.39, 0.29) is 0 Å². The molecule has 174 valence electrons. The largest absolute Gasteiger partial charge is 0.309 e. The van der Waals surface area contributed by atoms with Gasteiger partial charge in [-0.2, -0.15) is 0 Å². The molecular weight excluding hydrogens is 446 g/mol. The van der Waals surface area contributed by atoms with Gasteiger partial charge in [-0.25, -0.2) is 0 Å². The van der Waals surface area contributed by atoms with Crippen molar-refractivity contribution in [2.24, 2.45) is 0 Å². The molecule has 0 aromatic heterocycles. The van der Waals surface area contributed by atoms with Crippen LogP contribution in [0.3, 0.4) is 0 Å². The Hall–Kier alpha value is -4.88. The van der Waals surface area contributed by atoms with Crippen molar-refractivity contribution in [1.82, 2.24) is 0 Å². The zero-order chi connectivity index (χ0) is 24.6. The molecule has 0 amide bonds. The van der Waals surface area contributed by atoms with Gasteiger partial charge < -0.3 is 4.90 Å². The first-order valence-corrected chi connectivity index (χ1v) is 12.7. The molecule has 0 unspecified atom stereocenters. The molecule has 0 fully saturated rings. The van der Waals surface area contributed by atoms with E-state index in [1.54, 1.807) is 0 Å². The van der Waals surface area contributed by atoms with E-state index in [1.165, 1.54) is 55.9 Å². The van der Waals surface area contributed by atoms with Gasteiger partial charge in [0.2, 0.25) is 0 Å². The summed E-state index contributed by atoms with van der Waals surface area (Å²) in [5, 5.41) is 0. The first-order chi connectivity index (χ1) is 18.3. The second-order valence-corrected chi connectivity index (χ2v) is 9.44. The number of fused-ring (bicyclic) bond motifs is 4. The molecule has 1 aliphatic heterocycles. The van der Waals surface area contributed by atoms with Crippen LogP contribution in [-0.4, -0.2) is 0 Å². The molecule has 0 spiro atoms. The summed E-state index contributed by atoms with van der Waals surface area (Å²) in [5.41, 5.74) is 13.4. The van der Waals surface area contributed by atoms with E-state index in [9.17, 15) is 0 Å². The lowest BCUT2D eigenvalue weighted by atomic mass is 9.92. The van der Waals surface area contributed by atoms with Crippen LogP contribution < -0.4 is 4.90 Å². The first-order valence-electron chi connectivity index (χ1n) is 12.7. The highest BCUT2D eigenvalue weighted by molar-refractivity contribution is 6.00. The Bertz CT molecular complexity index is 1620. The molecular formula is C36H25N. The van der Waals surface area contributed by atoms with E-state index in [1.807, 2.05) is 0 Å². The Labute approximate surface area is 218 Å². The van der Waals surface area contributed by atoms with Crippen LogP contribution in [0.2, 0.25) is 0 Å². The van der Waals surface area contributed by atoms with Crippen molar-refractivity contribution in [3.8, 4) is 0 Å². The minimum Gasteiger partial charge on any atom is -0.309 e. The number of hydrogen-bond donors (Lipinski definition) is 0. The maximum Gasteiger partial charge on any atom is 0.0534 e. The van der Waals surface area contributed by atoms with Crippen molar-refractivity contribution < 1.29 is 0 Å². The fourth-order valence-corrected chi connectivity index (χ4v) is 5.39. The molecule has 5 aromatic rings. The van der Waals surface area contributed by atoms with E-state index < -0.39 is 0 Å². The minimum atomic E-state index is 1.15. The molecule has 7 rings (SSSR count). The zero-order valence-electron chi connectivity index (χ0n) is 20.4. The average molecular weight is 472 g/mol. The van der Waals surface area contributed by atoms with Crippen molar-refractivity contribution in [1.29, 1.82) is 0 Å². The van der Waals surface area contributed by atoms with Gasteiger partial charge in [0.05, 0.1) is 11.4 Å². The molecule has 1 heterocycles. The third-order valence-electron chi connectivity index (χ3n) is 7.20. The molecule has 1 heteroatoms. The van der Waals surface area contributed by atoms with Gasteiger partial charge in [-0.15, -0.1) is 0 Å². The van der Waals surface area contributed by atoms with Crippen molar-refractivity contribution in [2.45, 2.75) is 0 Å². The van der Waals surface area contributed by atoms with Crippen LogP contribution >= 0.6 is 0 Å². The Morgan fingerprint density at radius 3 is 1.38 bits per heavy atom. The van der Waals surface area contributed by atoms with Crippen LogP contribution in [0.5, 0.6) is 0 Å². The molecule has 0 atom stereocenters. The number of rotatable bonds is 2. The zero-order valence-corrected chi connectivity index (χ0v) is 20.4. The SMILES string of the molecule is C1=Cc2ccccc2C(=Cc2ccc(N3c4ccccc4C=Cc4ccccc43)cc2)c2ccccc21. The van der Waals surface area contributed by atoms with Gasteiger partial charge in [0.1, 0.15) is 0 Å².